The number of aromatic nitrogens is 2. The number of carboxylic acids is 1. The number of rotatable bonds is 8. The lowest BCUT2D eigenvalue weighted by Gasteiger charge is -2.11. The van der Waals surface area contributed by atoms with Crippen LogP contribution >= 0.6 is 0 Å². The molecule has 0 spiro atoms. The minimum atomic E-state index is -1.17. The second kappa shape index (κ2) is 7.19. The number of aryl methyl sites for hydroxylation is 1. The molecule has 10 nitrogen and oxygen atoms in total. The smallest absolute Gasteiger partial charge is 0.334 e. The number of amides is 1. The molecule has 1 aromatic rings. The molecule has 1 heterocycles. The van der Waals surface area contributed by atoms with E-state index in [-0.39, 0.29) is 25.2 Å². The lowest BCUT2D eigenvalue weighted by Crippen LogP contribution is -2.38. The number of carbonyl (C=O) groups excluding carboxylic acids is 1. The van der Waals surface area contributed by atoms with Crippen LogP contribution in [0.25, 0.3) is 0 Å². The summed E-state index contributed by atoms with van der Waals surface area (Å²) in [5.74, 6) is -1.57. The summed E-state index contributed by atoms with van der Waals surface area (Å²) in [6.45, 7) is 0.00825. The molecule has 0 radical (unpaired) electrons. The van der Waals surface area contributed by atoms with Gasteiger partial charge < -0.3 is 15.2 Å². The van der Waals surface area contributed by atoms with E-state index in [9.17, 15) is 19.7 Å². The second-order valence-electron chi connectivity index (χ2n) is 3.84. The number of nitrogens with one attached hydrogen (secondary N) is 1. The van der Waals surface area contributed by atoms with Crippen molar-refractivity contribution in [1.82, 2.24) is 15.1 Å². The minimum absolute atomic E-state index is 0.0227. The summed E-state index contributed by atoms with van der Waals surface area (Å²) >= 11 is 0. The molecule has 2 N–H and O–H groups in total. The fourth-order valence-corrected chi connectivity index (χ4v) is 1.35. The lowest BCUT2D eigenvalue weighted by atomic mass is 10.3. The second-order valence-corrected chi connectivity index (χ2v) is 3.84. The Morgan fingerprint density at radius 1 is 1.65 bits per heavy atom. The van der Waals surface area contributed by atoms with Gasteiger partial charge in [-0.15, -0.1) is 0 Å². The highest BCUT2D eigenvalue weighted by molar-refractivity contribution is 5.78. The molecule has 1 amide bonds. The van der Waals surface area contributed by atoms with Crippen LogP contribution < -0.4 is 5.32 Å². The number of ether oxygens (including phenoxy) is 1. The Morgan fingerprint density at radius 2 is 2.35 bits per heavy atom. The Bertz CT molecular complexity index is 500. The summed E-state index contributed by atoms with van der Waals surface area (Å²) in [4.78, 5) is 31.9. The van der Waals surface area contributed by atoms with Crippen LogP contribution in [0.15, 0.2) is 12.4 Å². The van der Waals surface area contributed by atoms with Gasteiger partial charge in [0.15, 0.2) is 6.10 Å². The molecule has 0 fully saturated rings. The maximum absolute atomic E-state index is 11.5. The molecule has 0 aliphatic carbocycles. The number of carbonyl (C=O) groups is 2. The Morgan fingerprint density at radius 3 is 2.85 bits per heavy atom. The first-order chi connectivity index (χ1) is 9.43. The predicted molar refractivity (Wildman–Crippen MR) is 64.9 cm³/mol. The molecular formula is C10H14N4O6. The highest BCUT2D eigenvalue weighted by Crippen LogP contribution is 2.07. The normalized spacial score (nSPS) is 11.8. The number of methoxy groups -OCH3 is 1. The van der Waals surface area contributed by atoms with E-state index in [4.69, 9.17) is 5.11 Å². The van der Waals surface area contributed by atoms with Gasteiger partial charge >= 0.3 is 11.7 Å². The lowest BCUT2D eigenvalue weighted by molar-refractivity contribution is -0.385. The van der Waals surface area contributed by atoms with Crippen LogP contribution in [0.4, 0.5) is 5.69 Å². The zero-order chi connectivity index (χ0) is 15.1. The molecule has 0 aromatic carbocycles. The minimum Gasteiger partial charge on any atom is -0.479 e. The molecule has 0 bridgehead atoms. The zero-order valence-corrected chi connectivity index (χ0v) is 10.7. The molecule has 0 aliphatic rings. The molecule has 110 valence electrons. The van der Waals surface area contributed by atoms with E-state index in [2.05, 4.69) is 15.2 Å². The number of nitrogens with zero attached hydrogens (tertiary/aromatic N) is 3. The van der Waals surface area contributed by atoms with Gasteiger partial charge in [0.1, 0.15) is 12.4 Å². The van der Waals surface area contributed by atoms with E-state index in [1.807, 2.05) is 0 Å². The van der Waals surface area contributed by atoms with E-state index in [0.29, 0.717) is 0 Å². The van der Waals surface area contributed by atoms with Crippen molar-refractivity contribution in [1.29, 1.82) is 0 Å². The number of aliphatic carboxylic acids is 1. The fourth-order valence-electron chi connectivity index (χ4n) is 1.35. The maximum Gasteiger partial charge on any atom is 0.334 e. The van der Waals surface area contributed by atoms with Crippen molar-refractivity contribution in [2.75, 3.05) is 13.7 Å². The summed E-state index contributed by atoms with van der Waals surface area (Å²) in [7, 11) is 1.23. The molecule has 0 saturated carbocycles. The van der Waals surface area contributed by atoms with E-state index in [1.165, 1.54) is 18.0 Å². The first-order valence-corrected chi connectivity index (χ1v) is 5.63. The van der Waals surface area contributed by atoms with Gasteiger partial charge in [0, 0.05) is 20.1 Å². The molecule has 1 rings (SSSR count). The fraction of sp³-hybridized carbons (Fsp3) is 0.500. The van der Waals surface area contributed by atoms with Crippen LogP contribution in [0, 0.1) is 10.1 Å². The van der Waals surface area contributed by atoms with Crippen molar-refractivity contribution in [3.05, 3.63) is 22.5 Å². The molecule has 10 heteroatoms. The van der Waals surface area contributed by atoms with Gasteiger partial charge in [0.2, 0.25) is 5.91 Å². The van der Waals surface area contributed by atoms with E-state index < -0.39 is 22.9 Å². The molecule has 1 aromatic heterocycles. The van der Waals surface area contributed by atoms with Crippen LogP contribution in [0.2, 0.25) is 0 Å². The van der Waals surface area contributed by atoms with Crippen LogP contribution in [-0.2, 0) is 20.9 Å². The Labute approximate surface area is 113 Å². The predicted octanol–water partition coefficient (Wildman–Crippen LogP) is -0.603. The highest BCUT2D eigenvalue weighted by Gasteiger charge is 2.17. The quantitative estimate of drug-likeness (QED) is 0.480. The monoisotopic (exact) mass is 286 g/mol. The molecule has 0 saturated heterocycles. The van der Waals surface area contributed by atoms with Gasteiger partial charge in [-0.2, -0.15) is 5.10 Å². The average molecular weight is 286 g/mol. The number of hydrogen-bond donors (Lipinski definition) is 2. The van der Waals surface area contributed by atoms with Crippen molar-refractivity contribution in [3.63, 3.8) is 0 Å². The van der Waals surface area contributed by atoms with Gasteiger partial charge in [-0.3, -0.25) is 19.6 Å². The van der Waals surface area contributed by atoms with E-state index >= 15 is 0 Å². The highest BCUT2D eigenvalue weighted by atomic mass is 16.6. The zero-order valence-electron chi connectivity index (χ0n) is 10.7. The Balaban J connectivity index is 2.35. The van der Waals surface area contributed by atoms with Crippen LogP contribution in [0.1, 0.15) is 6.42 Å². The molecule has 20 heavy (non-hydrogen) atoms. The first kappa shape index (κ1) is 15.6. The summed E-state index contributed by atoms with van der Waals surface area (Å²) in [6.07, 6.45) is 1.21. The van der Waals surface area contributed by atoms with Crippen molar-refractivity contribution in [2.45, 2.75) is 19.1 Å². The first-order valence-electron chi connectivity index (χ1n) is 5.63. The van der Waals surface area contributed by atoms with Crippen LogP contribution in [0.3, 0.4) is 0 Å². The molecule has 1 atom stereocenters. The number of nitro groups is 1. The largest absolute Gasteiger partial charge is 0.479 e. The Kier molecular flexibility index (Phi) is 5.59. The SMILES string of the molecule is COC(CNC(=O)CCn1cc([N+](=O)[O-])cn1)C(=O)O. The third-order valence-corrected chi connectivity index (χ3v) is 2.44. The van der Waals surface area contributed by atoms with Crippen LogP contribution in [-0.4, -0.2) is 51.4 Å². The van der Waals surface area contributed by atoms with Crippen molar-refractivity contribution < 1.29 is 24.4 Å². The van der Waals surface area contributed by atoms with E-state index in [1.54, 1.807) is 0 Å². The van der Waals surface area contributed by atoms with Crippen molar-refractivity contribution >= 4 is 17.6 Å². The summed E-state index contributed by atoms with van der Waals surface area (Å²) < 4.78 is 5.91. The number of hydrogen-bond acceptors (Lipinski definition) is 6. The molecular weight excluding hydrogens is 272 g/mol. The van der Waals surface area contributed by atoms with Gasteiger partial charge in [-0.25, -0.2) is 4.79 Å². The van der Waals surface area contributed by atoms with Gasteiger partial charge in [-0.1, -0.05) is 0 Å². The third kappa shape index (κ3) is 4.65. The molecule has 1 unspecified atom stereocenters. The van der Waals surface area contributed by atoms with Crippen molar-refractivity contribution in [3.8, 4) is 0 Å². The summed E-state index contributed by atoms with van der Waals surface area (Å²) in [6, 6.07) is 0. The summed E-state index contributed by atoms with van der Waals surface area (Å²) in [5.41, 5.74) is -0.157. The molecule has 0 aliphatic heterocycles. The van der Waals surface area contributed by atoms with Gasteiger partial charge in [-0.05, 0) is 0 Å². The average Bonchev–Trinajstić information content (AvgIpc) is 2.85. The van der Waals surface area contributed by atoms with E-state index in [0.717, 1.165) is 6.20 Å². The third-order valence-electron chi connectivity index (χ3n) is 2.44. The van der Waals surface area contributed by atoms with Gasteiger partial charge in [0.05, 0.1) is 11.5 Å². The maximum atomic E-state index is 11.5. The van der Waals surface area contributed by atoms with Gasteiger partial charge in [0.25, 0.3) is 0 Å². The Hall–Kier alpha value is -2.49. The van der Waals surface area contributed by atoms with Crippen molar-refractivity contribution in [2.24, 2.45) is 0 Å². The standard InChI is InChI=1S/C10H14N4O6/c1-20-8(10(16)17)5-11-9(15)2-3-13-6-7(4-12-13)14(18)19/h4,6,8H,2-3,5H2,1H3,(H,11,15)(H,16,17). The summed E-state index contributed by atoms with van der Waals surface area (Å²) in [5, 5.41) is 25.2. The topological polar surface area (TPSA) is 137 Å². The number of carboxylic acid groups (broad SMARTS) is 1. The van der Waals surface area contributed by atoms with Crippen LogP contribution in [0.5, 0.6) is 0 Å².